The van der Waals surface area contributed by atoms with Crippen molar-refractivity contribution in [3.63, 3.8) is 0 Å². The highest BCUT2D eigenvalue weighted by molar-refractivity contribution is 6.21. The van der Waals surface area contributed by atoms with Gasteiger partial charge in [0.25, 0.3) is 0 Å². The smallest absolute Gasteiger partial charge is 0.168 e. The predicted octanol–water partition coefficient (Wildman–Crippen LogP) is 22.0. The van der Waals surface area contributed by atoms with Crippen molar-refractivity contribution in [3.8, 4) is 182 Å². The first-order valence-electron chi connectivity index (χ1n) is 36.9. The number of nitrogens with one attached hydrogen (secondary N) is 2. The average Bonchev–Trinajstić information content (AvgIpc) is 1.55. The Kier molecular flexibility index (Phi) is 15.8. The quantitative estimate of drug-likeness (QED) is 0.117. The van der Waals surface area contributed by atoms with Gasteiger partial charge < -0.3 is 9.97 Å². The molecule has 3 aliphatic rings. The van der Waals surface area contributed by atoms with Gasteiger partial charge in [0, 0.05) is 88.3 Å². The Morgan fingerprint density at radius 1 is 0.134 bits per heavy atom. The van der Waals surface area contributed by atoms with E-state index in [0.717, 1.165) is 88.3 Å². The molecule has 0 unspecified atom stereocenters. The second-order valence-corrected chi connectivity index (χ2v) is 27.2. The molecule has 2 N–H and O–H groups in total. The minimum absolute atomic E-state index is 0.342. The molecule has 0 amide bonds. The highest BCUT2D eigenvalue weighted by Gasteiger charge is 2.34. The molecule has 12 aromatic carbocycles. The number of aromatic amines is 2. The van der Waals surface area contributed by atoms with Crippen LogP contribution in [0, 0.1) is 0 Å². The summed E-state index contributed by atoms with van der Waals surface area (Å²) in [4.78, 5) is 87.3. The normalized spacial score (nSPS) is 11.6. The molecule has 21 rings (SSSR count). The van der Waals surface area contributed by atoms with E-state index in [1.807, 2.05) is 267 Å². The van der Waals surface area contributed by atoms with Crippen molar-refractivity contribution in [3.05, 3.63) is 340 Å². The van der Waals surface area contributed by atoms with Crippen molar-refractivity contribution in [2.24, 2.45) is 0 Å². The standard InChI is InChI=1S/C96H58N16/c1-9-33-57(34-10-1)85-101-86(58-35-11-2-12-36-58)106-93(105-85)73-77-65-49-25-27-51-67(65)79(97-77)74(94-107-87(59-37-13-3-14-38-59)102-88(108-94)60-39-15-4-16-40-60)81-69-53-29-31-55-71(69)83(99-81)76(96-111-91(63-45-21-7-22-46-63)104-92(112-96)64-47-23-8-24-48-64)84-72-56-32-30-54-70(72)82(100-84)75(80-68-52-28-26-50-66(68)78(73)98-80)95-109-89(61-41-17-5-18-42-61)103-90(110-95)62-43-19-6-20-44-62/h1-56,97,100H. The van der Waals surface area contributed by atoms with Gasteiger partial charge in [0.2, 0.25) is 0 Å². The van der Waals surface area contributed by atoms with Gasteiger partial charge in [-0.15, -0.1) is 0 Å². The van der Waals surface area contributed by atoms with E-state index in [1.54, 1.807) is 0 Å². The maximum Gasteiger partial charge on any atom is 0.168 e. The van der Waals surface area contributed by atoms with Crippen LogP contribution < -0.4 is 0 Å². The van der Waals surface area contributed by atoms with Crippen LogP contribution in [0.2, 0.25) is 0 Å². The number of H-pyrrole nitrogens is 2. The molecular weight excluding hydrogens is 1380 g/mol. The van der Waals surface area contributed by atoms with E-state index in [0.29, 0.717) is 137 Å². The Morgan fingerprint density at radius 2 is 0.277 bits per heavy atom. The molecule has 112 heavy (non-hydrogen) atoms. The van der Waals surface area contributed by atoms with Gasteiger partial charge >= 0.3 is 0 Å². The zero-order valence-electron chi connectivity index (χ0n) is 59.6. The van der Waals surface area contributed by atoms with Crippen molar-refractivity contribution in [1.82, 2.24) is 79.7 Å². The van der Waals surface area contributed by atoms with Gasteiger partial charge in [0.05, 0.1) is 67.1 Å². The van der Waals surface area contributed by atoms with Gasteiger partial charge in [-0.1, -0.05) is 340 Å². The maximum absolute atomic E-state index is 6.21. The summed E-state index contributed by atoms with van der Waals surface area (Å²) < 4.78 is 0. The van der Waals surface area contributed by atoms with Crippen LogP contribution in [0.25, 0.3) is 225 Å². The number of hydrogen-bond acceptors (Lipinski definition) is 14. The van der Waals surface area contributed by atoms with Crippen molar-refractivity contribution in [1.29, 1.82) is 0 Å². The molecule has 16 heteroatoms. The van der Waals surface area contributed by atoms with Crippen LogP contribution in [0.1, 0.15) is 0 Å². The predicted molar refractivity (Wildman–Crippen MR) is 444 cm³/mol. The Bertz CT molecular complexity index is 6020. The molecule has 2 aliphatic heterocycles. The first kappa shape index (κ1) is 64.7. The number of hydrogen-bond donors (Lipinski definition) is 2. The maximum atomic E-state index is 6.21. The average molecular weight is 1440 g/mol. The van der Waals surface area contributed by atoms with Crippen molar-refractivity contribution in [2.45, 2.75) is 0 Å². The third-order valence-corrected chi connectivity index (χ3v) is 20.4. The fraction of sp³-hybridized carbons (Fsp3) is 0. The Morgan fingerprint density at radius 3 is 0.446 bits per heavy atom. The van der Waals surface area contributed by atoms with Gasteiger partial charge in [-0.2, -0.15) is 0 Å². The largest absolute Gasteiger partial charge is 0.353 e. The van der Waals surface area contributed by atoms with Gasteiger partial charge in [-0.25, -0.2) is 69.8 Å². The summed E-state index contributed by atoms with van der Waals surface area (Å²) in [7, 11) is 0. The van der Waals surface area contributed by atoms with Crippen LogP contribution in [0.4, 0.5) is 0 Å². The summed E-state index contributed by atoms with van der Waals surface area (Å²) in [5.74, 6) is 5.01. The second-order valence-electron chi connectivity index (χ2n) is 27.2. The SMILES string of the molecule is c1ccc(-c2nc(-c3ccccc3)nc(-c3c4nc(c(-c5nc(-c6ccccc6)nc(-c6ccccc6)n5)c5[nH]c(c(-c6nc(-c7ccccc7)nc(-c7ccccc7)n6)c6nc(c(-c7nc(-c8ccccc8)nc(-c8ccccc8)n7)c7[nH]c3c3ccccc73)-c3ccccc3-6)c3ccccc53)-c3ccccc3-4)n2)cc1. The molecule has 8 bridgehead atoms. The topological polar surface area (TPSA) is 212 Å². The van der Waals surface area contributed by atoms with Crippen LogP contribution in [-0.4, -0.2) is 79.7 Å². The van der Waals surface area contributed by atoms with Crippen LogP contribution in [-0.2, 0) is 0 Å². The summed E-state index contributed by atoms with van der Waals surface area (Å²) >= 11 is 0. The van der Waals surface area contributed by atoms with Crippen LogP contribution in [0.5, 0.6) is 0 Å². The summed E-state index contributed by atoms with van der Waals surface area (Å²) in [6.07, 6.45) is 0. The van der Waals surface area contributed by atoms with Gasteiger partial charge in [0.15, 0.2) is 69.9 Å². The first-order valence-corrected chi connectivity index (χ1v) is 36.9. The Balaban J connectivity index is 1.03. The fourth-order valence-corrected chi connectivity index (χ4v) is 15.2. The molecular formula is C96H58N16. The van der Waals surface area contributed by atoms with E-state index in [4.69, 9.17) is 69.8 Å². The molecule has 0 spiro atoms. The van der Waals surface area contributed by atoms with E-state index in [2.05, 4.69) is 82.8 Å². The molecule has 1 aliphatic carbocycles. The lowest BCUT2D eigenvalue weighted by Crippen LogP contribution is -2.02. The summed E-state index contributed by atoms with van der Waals surface area (Å²) in [6, 6.07) is 114. The zero-order chi connectivity index (χ0) is 74.0. The summed E-state index contributed by atoms with van der Waals surface area (Å²) in [6.45, 7) is 0. The lowest BCUT2D eigenvalue weighted by Gasteiger charge is -2.11. The number of benzene rings is 12. The monoisotopic (exact) mass is 1430 g/mol. The minimum Gasteiger partial charge on any atom is -0.353 e. The highest BCUT2D eigenvalue weighted by Crippen LogP contribution is 2.52. The third kappa shape index (κ3) is 11.4. The second kappa shape index (κ2) is 27.3. The molecule has 0 saturated carbocycles. The molecule has 0 saturated heterocycles. The van der Waals surface area contributed by atoms with Crippen molar-refractivity contribution < 1.29 is 0 Å². The van der Waals surface area contributed by atoms with Crippen molar-refractivity contribution in [2.75, 3.05) is 0 Å². The minimum atomic E-state index is 0.342. The van der Waals surface area contributed by atoms with Gasteiger partial charge in [-0.05, 0) is 0 Å². The molecule has 8 heterocycles. The third-order valence-electron chi connectivity index (χ3n) is 20.4. The number of rotatable bonds is 12. The van der Waals surface area contributed by atoms with E-state index in [9.17, 15) is 0 Å². The van der Waals surface area contributed by atoms with Crippen LogP contribution in [0.3, 0.4) is 0 Å². The van der Waals surface area contributed by atoms with E-state index in [-0.39, 0.29) is 0 Å². The van der Waals surface area contributed by atoms with Crippen molar-refractivity contribution >= 4 is 43.6 Å². The number of nitrogens with zero attached hydrogens (tertiary/aromatic N) is 14. The molecule has 16 nitrogen and oxygen atoms in total. The van der Waals surface area contributed by atoms with E-state index < -0.39 is 0 Å². The highest BCUT2D eigenvalue weighted by atomic mass is 15.1. The summed E-state index contributed by atoms with van der Waals surface area (Å²) in [5.41, 5.74) is 16.4. The molecule has 6 aromatic heterocycles. The number of aromatic nitrogens is 16. The Labute approximate surface area is 641 Å². The van der Waals surface area contributed by atoms with E-state index in [1.165, 1.54) is 0 Å². The Hall–Kier alpha value is -15.7. The molecule has 0 atom stereocenters. The van der Waals surface area contributed by atoms with Gasteiger partial charge in [0.1, 0.15) is 0 Å². The lowest BCUT2D eigenvalue weighted by atomic mass is 9.97. The van der Waals surface area contributed by atoms with Crippen LogP contribution >= 0.6 is 0 Å². The summed E-state index contributed by atoms with van der Waals surface area (Å²) in [5, 5.41) is 3.23. The molecule has 522 valence electrons. The molecule has 18 aromatic rings. The molecule has 0 fully saturated rings. The first-order chi connectivity index (χ1) is 55.5. The van der Waals surface area contributed by atoms with Crippen LogP contribution in [0.15, 0.2) is 340 Å². The molecule has 0 radical (unpaired) electrons. The fourth-order valence-electron chi connectivity index (χ4n) is 15.2. The zero-order valence-corrected chi connectivity index (χ0v) is 59.6. The van der Waals surface area contributed by atoms with E-state index >= 15 is 0 Å². The van der Waals surface area contributed by atoms with Gasteiger partial charge in [-0.3, -0.25) is 0 Å². The lowest BCUT2D eigenvalue weighted by molar-refractivity contribution is 1.07.